The molecular weight excluding hydrogens is 460 g/mol. The van der Waals surface area contributed by atoms with E-state index < -0.39 is 6.04 Å². The fourth-order valence-corrected chi connectivity index (χ4v) is 4.89. The van der Waals surface area contributed by atoms with E-state index in [-0.39, 0.29) is 24.1 Å². The molecule has 1 fully saturated rings. The van der Waals surface area contributed by atoms with E-state index in [1.807, 2.05) is 23.1 Å². The average Bonchev–Trinajstić information content (AvgIpc) is 3.33. The largest absolute Gasteiger partial charge is 0.468 e. The highest BCUT2D eigenvalue weighted by Crippen LogP contribution is 2.31. The molecule has 0 radical (unpaired) electrons. The SMILES string of the molecule is COC(=O)C1CN(c2cc(=O)n(C)c3cn(CC#N)nc23)CCN1[C@H](C)c1ccc2nccnc2c1. The number of esters is 1. The highest BCUT2D eigenvalue weighted by Gasteiger charge is 2.37. The number of carbonyl (C=O) groups excluding carboxylic acids is 1. The van der Waals surface area contributed by atoms with Crippen molar-refractivity contribution in [2.24, 2.45) is 7.05 Å². The molecule has 4 heterocycles. The molecule has 11 nitrogen and oxygen atoms in total. The number of nitriles is 1. The summed E-state index contributed by atoms with van der Waals surface area (Å²) in [6, 6.07) is 8.92. The van der Waals surface area contributed by atoms with Gasteiger partial charge >= 0.3 is 5.97 Å². The van der Waals surface area contributed by atoms with Crippen LogP contribution in [0.2, 0.25) is 0 Å². The predicted octanol–water partition coefficient (Wildman–Crippen LogP) is 1.63. The summed E-state index contributed by atoms with van der Waals surface area (Å²) in [7, 11) is 3.06. The number of carbonyl (C=O) groups is 1. The number of hydrogen-bond donors (Lipinski definition) is 0. The number of aryl methyl sites for hydroxylation is 1. The van der Waals surface area contributed by atoms with Gasteiger partial charge in [0.1, 0.15) is 18.1 Å². The van der Waals surface area contributed by atoms with E-state index in [2.05, 4.69) is 33.0 Å². The maximum absolute atomic E-state index is 12.9. The molecule has 1 saturated heterocycles. The zero-order valence-corrected chi connectivity index (χ0v) is 20.3. The van der Waals surface area contributed by atoms with Crippen molar-refractivity contribution < 1.29 is 9.53 Å². The third kappa shape index (κ3) is 4.05. The molecule has 1 aromatic carbocycles. The van der Waals surface area contributed by atoms with Crippen LogP contribution in [-0.4, -0.2) is 68.0 Å². The number of ether oxygens (including phenoxy) is 1. The number of aromatic nitrogens is 5. The van der Waals surface area contributed by atoms with Crippen molar-refractivity contribution in [3.05, 3.63) is 58.8 Å². The van der Waals surface area contributed by atoms with Gasteiger partial charge in [-0.15, -0.1) is 0 Å². The number of benzene rings is 1. The van der Waals surface area contributed by atoms with Crippen LogP contribution in [0.5, 0.6) is 0 Å². The zero-order valence-electron chi connectivity index (χ0n) is 20.3. The maximum Gasteiger partial charge on any atom is 0.324 e. The molecule has 4 aromatic rings. The minimum Gasteiger partial charge on any atom is -0.468 e. The minimum atomic E-state index is -0.559. The monoisotopic (exact) mass is 486 g/mol. The molecule has 3 aromatic heterocycles. The van der Waals surface area contributed by atoms with Crippen LogP contribution in [0.25, 0.3) is 22.1 Å². The summed E-state index contributed by atoms with van der Waals surface area (Å²) in [6.45, 7) is 3.61. The van der Waals surface area contributed by atoms with Gasteiger partial charge in [0.25, 0.3) is 5.56 Å². The lowest BCUT2D eigenvalue weighted by molar-refractivity contribution is -0.148. The summed E-state index contributed by atoms with van der Waals surface area (Å²) in [4.78, 5) is 38.5. The van der Waals surface area contributed by atoms with Crippen molar-refractivity contribution in [2.75, 3.05) is 31.6 Å². The van der Waals surface area contributed by atoms with Crippen LogP contribution < -0.4 is 10.5 Å². The maximum atomic E-state index is 12.9. The molecule has 184 valence electrons. The Bertz CT molecular complexity index is 1550. The van der Waals surface area contributed by atoms with E-state index in [4.69, 9.17) is 10.00 Å². The Morgan fingerprint density at radius 2 is 2.00 bits per heavy atom. The normalized spacial score (nSPS) is 17.3. The quantitative estimate of drug-likeness (QED) is 0.387. The van der Waals surface area contributed by atoms with Crippen LogP contribution in [-0.2, 0) is 23.1 Å². The molecule has 5 rings (SSSR count). The summed E-state index contributed by atoms with van der Waals surface area (Å²) in [5, 5.41) is 13.6. The third-order valence-corrected chi connectivity index (χ3v) is 6.88. The molecule has 11 heteroatoms. The Labute approximate surface area is 207 Å². The summed E-state index contributed by atoms with van der Waals surface area (Å²) in [6.07, 6.45) is 5.02. The van der Waals surface area contributed by atoms with Crippen LogP contribution in [0.3, 0.4) is 0 Å². The molecule has 36 heavy (non-hydrogen) atoms. The molecular formula is C25H26N8O3. The molecule has 0 saturated carbocycles. The number of fused-ring (bicyclic) bond motifs is 2. The highest BCUT2D eigenvalue weighted by molar-refractivity contribution is 5.89. The van der Waals surface area contributed by atoms with E-state index in [0.717, 1.165) is 16.6 Å². The van der Waals surface area contributed by atoms with Crippen molar-refractivity contribution in [1.82, 2.24) is 29.2 Å². The molecule has 0 aliphatic carbocycles. The van der Waals surface area contributed by atoms with Gasteiger partial charge in [-0.3, -0.25) is 29.1 Å². The fraction of sp³-hybridized carbons (Fsp3) is 0.360. The van der Waals surface area contributed by atoms with Crippen LogP contribution in [0.15, 0.2) is 47.7 Å². The van der Waals surface area contributed by atoms with Gasteiger partial charge in [0.05, 0.1) is 41.6 Å². The number of piperazine rings is 1. The van der Waals surface area contributed by atoms with Crippen molar-refractivity contribution in [2.45, 2.75) is 25.6 Å². The second kappa shape index (κ2) is 9.39. The number of anilines is 1. The Morgan fingerprint density at radius 3 is 2.75 bits per heavy atom. The van der Waals surface area contributed by atoms with E-state index in [9.17, 15) is 9.59 Å². The summed E-state index contributed by atoms with van der Waals surface area (Å²) in [5.74, 6) is -0.345. The van der Waals surface area contributed by atoms with Crippen molar-refractivity contribution in [3.8, 4) is 6.07 Å². The molecule has 1 aliphatic heterocycles. The third-order valence-electron chi connectivity index (χ3n) is 6.88. The lowest BCUT2D eigenvalue weighted by Gasteiger charge is -2.43. The number of nitrogens with zero attached hydrogens (tertiary/aromatic N) is 8. The Morgan fingerprint density at radius 1 is 1.22 bits per heavy atom. The highest BCUT2D eigenvalue weighted by atomic mass is 16.5. The lowest BCUT2D eigenvalue weighted by atomic mass is 10.0. The standard InChI is InChI=1S/C25H26N8O3/c1-16(17-4-5-18-19(12-17)28-8-7-27-18)33-11-10-31(14-22(33)25(35)36-3)20-13-23(34)30(2)21-15-32(9-6-26)29-24(20)21/h4-5,7-8,12-13,15-16,22H,9-11,14H2,1-3H3/t16-,22?/m1/s1. The van der Waals surface area contributed by atoms with Crippen LogP contribution >= 0.6 is 0 Å². The molecule has 0 spiro atoms. The number of rotatable bonds is 5. The first-order valence-electron chi connectivity index (χ1n) is 11.6. The van der Waals surface area contributed by atoms with Gasteiger partial charge in [0.15, 0.2) is 0 Å². The van der Waals surface area contributed by atoms with Crippen LogP contribution in [0.1, 0.15) is 18.5 Å². The Kier molecular flexibility index (Phi) is 6.12. The van der Waals surface area contributed by atoms with Crippen molar-refractivity contribution >= 4 is 33.7 Å². The van der Waals surface area contributed by atoms with Crippen molar-refractivity contribution in [1.29, 1.82) is 5.26 Å². The van der Waals surface area contributed by atoms with Gasteiger partial charge in [0, 0.05) is 51.2 Å². The predicted molar refractivity (Wildman–Crippen MR) is 133 cm³/mol. The first kappa shape index (κ1) is 23.4. The smallest absolute Gasteiger partial charge is 0.324 e. The van der Waals surface area contributed by atoms with Gasteiger partial charge in [-0.2, -0.15) is 10.4 Å². The second-order valence-corrected chi connectivity index (χ2v) is 8.85. The first-order valence-corrected chi connectivity index (χ1v) is 11.6. The fourth-order valence-electron chi connectivity index (χ4n) is 4.89. The second-order valence-electron chi connectivity index (χ2n) is 8.85. The molecule has 1 unspecified atom stereocenters. The number of pyridine rings is 1. The van der Waals surface area contributed by atoms with Gasteiger partial charge in [0.2, 0.25) is 0 Å². The van der Waals surface area contributed by atoms with E-state index >= 15 is 0 Å². The van der Waals surface area contributed by atoms with Gasteiger partial charge in [-0.25, -0.2) is 0 Å². The van der Waals surface area contributed by atoms with Crippen molar-refractivity contribution in [3.63, 3.8) is 0 Å². The van der Waals surface area contributed by atoms with E-state index in [1.54, 1.807) is 31.7 Å². The average molecular weight is 487 g/mol. The number of methoxy groups -OCH3 is 1. The van der Waals surface area contributed by atoms with Crippen LogP contribution in [0.4, 0.5) is 5.69 Å². The lowest BCUT2D eigenvalue weighted by Crippen LogP contribution is -2.57. The molecule has 2 atom stereocenters. The Hall–Kier alpha value is -4.30. The van der Waals surface area contributed by atoms with Crippen LogP contribution in [0, 0.1) is 11.3 Å². The Balaban J connectivity index is 1.49. The molecule has 0 bridgehead atoms. The minimum absolute atomic E-state index is 0.0779. The first-order chi connectivity index (χ1) is 17.4. The van der Waals surface area contributed by atoms with Gasteiger partial charge in [-0.05, 0) is 24.6 Å². The molecule has 1 aliphatic rings. The molecule has 0 amide bonds. The van der Waals surface area contributed by atoms with E-state index in [0.29, 0.717) is 36.4 Å². The number of hydrogen-bond acceptors (Lipinski definition) is 9. The summed E-state index contributed by atoms with van der Waals surface area (Å²) in [5.41, 5.74) is 4.35. The zero-order chi connectivity index (χ0) is 25.4. The topological polar surface area (TPSA) is 122 Å². The van der Waals surface area contributed by atoms with Gasteiger partial charge < -0.3 is 14.2 Å². The van der Waals surface area contributed by atoms with E-state index in [1.165, 1.54) is 16.4 Å². The summed E-state index contributed by atoms with van der Waals surface area (Å²) >= 11 is 0. The summed E-state index contributed by atoms with van der Waals surface area (Å²) < 4.78 is 8.21. The molecule has 0 N–H and O–H groups in total. The van der Waals surface area contributed by atoms with Gasteiger partial charge in [-0.1, -0.05) is 6.07 Å².